The van der Waals surface area contributed by atoms with Crippen LogP contribution in [0.25, 0.3) is 0 Å². The van der Waals surface area contributed by atoms with E-state index in [0.29, 0.717) is 19.7 Å². The van der Waals surface area contributed by atoms with Gasteiger partial charge in [-0.15, -0.1) is 0 Å². The van der Waals surface area contributed by atoms with Gasteiger partial charge in [0.25, 0.3) is 0 Å². The van der Waals surface area contributed by atoms with Crippen LogP contribution in [0.15, 0.2) is 40.0 Å². The van der Waals surface area contributed by atoms with Crippen molar-refractivity contribution in [1.29, 1.82) is 0 Å². The summed E-state index contributed by atoms with van der Waals surface area (Å²) in [5.74, 6) is 2.32. The van der Waals surface area contributed by atoms with Crippen molar-refractivity contribution >= 4 is 17.3 Å². The lowest BCUT2D eigenvalue weighted by Gasteiger charge is -2.14. The third-order valence-electron chi connectivity index (χ3n) is 3.33. The number of aliphatic imine (C=N–C) groups is 1. The Morgan fingerprint density at radius 1 is 1.12 bits per heavy atom. The molecule has 0 aliphatic carbocycles. The number of thiophene rings is 1. The Kier molecular flexibility index (Phi) is 7.42. The Balaban J connectivity index is 2.00. The van der Waals surface area contributed by atoms with Gasteiger partial charge in [0.15, 0.2) is 17.5 Å². The molecule has 2 rings (SSSR count). The molecule has 0 aliphatic heterocycles. The van der Waals surface area contributed by atoms with Gasteiger partial charge in [0.05, 0.1) is 20.3 Å². The van der Waals surface area contributed by atoms with E-state index in [1.54, 1.807) is 18.4 Å². The molecular weight excluding hydrogens is 322 g/mol. The molecule has 130 valence electrons. The summed E-state index contributed by atoms with van der Waals surface area (Å²) in [5.41, 5.74) is 2.33. The van der Waals surface area contributed by atoms with Gasteiger partial charge >= 0.3 is 0 Å². The van der Waals surface area contributed by atoms with Crippen LogP contribution in [0.4, 0.5) is 0 Å². The van der Waals surface area contributed by atoms with Crippen molar-refractivity contribution < 1.29 is 9.47 Å². The Hall–Kier alpha value is -2.21. The molecule has 0 bridgehead atoms. The lowest BCUT2D eigenvalue weighted by Crippen LogP contribution is -2.36. The Morgan fingerprint density at radius 2 is 2.00 bits per heavy atom. The quantitative estimate of drug-likeness (QED) is 0.568. The number of nitrogens with one attached hydrogen (secondary N) is 2. The van der Waals surface area contributed by atoms with E-state index in [-0.39, 0.29) is 0 Å². The first-order valence-corrected chi connectivity index (χ1v) is 9.04. The fourth-order valence-corrected chi connectivity index (χ4v) is 2.84. The standard InChI is InChI=1S/C18H25N3O2S/c1-4-19-18(21-12-15-8-9-24-13-15)20-11-14-6-7-16(22-3)17(10-14)23-5-2/h6-10,13H,4-5,11-12H2,1-3H3,(H2,19,20,21). The minimum Gasteiger partial charge on any atom is -0.493 e. The third kappa shape index (κ3) is 5.45. The molecule has 0 amide bonds. The monoisotopic (exact) mass is 347 g/mol. The van der Waals surface area contributed by atoms with Crippen LogP contribution in [0.2, 0.25) is 0 Å². The zero-order valence-corrected chi connectivity index (χ0v) is 15.3. The summed E-state index contributed by atoms with van der Waals surface area (Å²) < 4.78 is 10.9. The van der Waals surface area contributed by atoms with Gasteiger partial charge in [-0.1, -0.05) is 6.07 Å². The number of methoxy groups -OCH3 is 1. The summed E-state index contributed by atoms with van der Waals surface area (Å²) in [7, 11) is 1.65. The predicted octanol–water partition coefficient (Wildman–Crippen LogP) is 3.41. The highest BCUT2D eigenvalue weighted by atomic mass is 32.1. The summed E-state index contributed by atoms with van der Waals surface area (Å²) in [6.45, 7) is 6.79. The second-order valence-electron chi connectivity index (χ2n) is 5.10. The molecule has 1 aromatic heterocycles. The topological polar surface area (TPSA) is 54.9 Å². The maximum atomic E-state index is 5.62. The second-order valence-corrected chi connectivity index (χ2v) is 5.88. The first-order valence-electron chi connectivity index (χ1n) is 8.09. The lowest BCUT2D eigenvalue weighted by atomic mass is 10.2. The van der Waals surface area contributed by atoms with Gasteiger partial charge in [-0.3, -0.25) is 0 Å². The highest BCUT2D eigenvalue weighted by Gasteiger charge is 2.06. The first-order chi connectivity index (χ1) is 11.8. The molecule has 2 N–H and O–H groups in total. The van der Waals surface area contributed by atoms with Crippen LogP contribution < -0.4 is 20.1 Å². The van der Waals surface area contributed by atoms with Gasteiger partial charge in [-0.05, 0) is 53.9 Å². The summed E-state index contributed by atoms with van der Waals surface area (Å²) in [4.78, 5) is 4.61. The molecule has 5 nitrogen and oxygen atoms in total. The Morgan fingerprint density at radius 3 is 2.67 bits per heavy atom. The number of benzene rings is 1. The van der Waals surface area contributed by atoms with Crippen molar-refractivity contribution in [2.45, 2.75) is 26.9 Å². The van der Waals surface area contributed by atoms with E-state index < -0.39 is 0 Å². The maximum Gasteiger partial charge on any atom is 0.191 e. The molecule has 2 aromatic rings. The fourth-order valence-electron chi connectivity index (χ4n) is 2.18. The lowest BCUT2D eigenvalue weighted by molar-refractivity contribution is 0.310. The normalized spacial score (nSPS) is 11.2. The molecule has 6 heteroatoms. The number of hydrogen-bond donors (Lipinski definition) is 2. The number of rotatable bonds is 8. The van der Waals surface area contributed by atoms with Gasteiger partial charge in [0, 0.05) is 13.1 Å². The summed E-state index contributed by atoms with van der Waals surface area (Å²) in [6, 6.07) is 8.04. The van der Waals surface area contributed by atoms with E-state index >= 15 is 0 Å². The zero-order valence-electron chi connectivity index (χ0n) is 14.5. The van der Waals surface area contributed by atoms with Crippen LogP contribution in [0, 0.1) is 0 Å². The van der Waals surface area contributed by atoms with Crippen molar-refractivity contribution in [3.05, 3.63) is 46.2 Å². The molecule has 0 unspecified atom stereocenters. The molecule has 1 aromatic carbocycles. The summed E-state index contributed by atoms with van der Waals surface area (Å²) in [5, 5.41) is 10.8. The van der Waals surface area contributed by atoms with Crippen LogP contribution in [-0.4, -0.2) is 26.2 Å². The number of nitrogens with zero attached hydrogens (tertiary/aromatic N) is 1. The highest BCUT2D eigenvalue weighted by molar-refractivity contribution is 7.07. The van der Waals surface area contributed by atoms with Crippen LogP contribution in [0.5, 0.6) is 11.5 Å². The molecule has 0 aliphatic rings. The summed E-state index contributed by atoms with van der Waals surface area (Å²) in [6.07, 6.45) is 0. The number of ether oxygens (including phenoxy) is 2. The van der Waals surface area contributed by atoms with Crippen LogP contribution in [-0.2, 0) is 13.1 Å². The number of guanidine groups is 1. The van der Waals surface area contributed by atoms with Gasteiger partial charge in [0.1, 0.15) is 0 Å². The molecule has 1 heterocycles. The molecule has 24 heavy (non-hydrogen) atoms. The first kappa shape index (κ1) is 18.1. The maximum absolute atomic E-state index is 5.62. The average molecular weight is 347 g/mol. The minimum atomic E-state index is 0.609. The van der Waals surface area contributed by atoms with E-state index in [0.717, 1.165) is 29.6 Å². The van der Waals surface area contributed by atoms with Gasteiger partial charge in [0.2, 0.25) is 0 Å². The highest BCUT2D eigenvalue weighted by Crippen LogP contribution is 2.27. The molecule has 0 spiro atoms. The molecule has 0 fully saturated rings. The molecular formula is C18H25N3O2S. The average Bonchev–Trinajstić information content (AvgIpc) is 3.11. The third-order valence-corrected chi connectivity index (χ3v) is 4.06. The van der Waals surface area contributed by atoms with E-state index in [1.807, 2.05) is 25.1 Å². The molecule has 0 atom stereocenters. The smallest absolute Gasteiger partial charge is 0.191 e. The van der Waals surface area contributed by atoms with E-state index in [9.17, 15) is 0 Å². The number of hydrogen-bond acceptors (Lipinski definition) is 4. The van der Waals surface area contributed by atoms with Crippen LogP contribution in [0.1, 0.15) is 25.0 Å². The van der Waals surface area contributed by atoms with Gasteiger partial charge < -0.3 is 20.1 Å². The zero-order chi connectivity index (χ0) is 17.2. The summed E-state index contributed by atoms with van der Waals surface area (Å²) >= 11 is 1.69. The largest absolute Gasteiger partial charge is 0.493 e. The minimum absolute atomic E-state index is 0.609. The SMILES string of the molecule is CCNC(=NCc1ccsc1)NCc1ccc(OC)c(OCC)c1. The van der Waals surface area contributed by atoms with E-state index in [1.165, 1.54) is 5.56 Å². The van der Waals surface area contributed by atoms with Crippen molar-refractivity contribution in [2.24, 2.45) is 4.99 Å². The van der Waals surface area contributed by atoms with Crippen molar-refractivity contribution in [2.75, 3.05) is 20.3 Å². The van der Waals surface area contributed by atoms with Crippen molar-refractivity contribution in [1.82, 2.24) is 10.6 Å². The fraction of sp³-hybridized carbons (Fsp3) is 0.389. The Bertz CT molecular complexity index is 642. The molecule has 0 saturated carbocycles. The molecule has 0 saturated heterocycles. The van der Waals surface area contributed by atoms with Crippen LogP contribution >= 0.6 is 11.3 Å². The van der Waals surface area contributed by atoms with Crippen molar-refractivity contribution in [3.63, 3.8) is 0 Å². The van der Waals surface area contributed by atoms with Gasteiger partial charge in [-0.25, -0.2) is 4.99 Å². The van der Waals surface area contributed by atoms with E-state index in [2.05, 4.69) is 39.4 Å². The van der Waals surface area contributed by atoms with Crippen LogP contribution in [0.3, 0.4) is 0 Å². The van der Waals surface area contributed by atoms with Gasteiger partial charge in [-0.2, -0.15) is 11.3 Å². The molecule has 0 radical (unpaired) electrons. The van der Waals surface area contributed by atoms with Crippen molar-refractivity contribution in [3.8, 4) is 11.5 Å². The Labute approximate surface area is 147 Å². The predicted molar refractivity (Wildman–Crippen MR) is 100 cm³/mol. The second kappa shape index (κ2) is 9.82. The van der Waals surface area contributed by atoms with E-state index in [4.69, 9.17) is 9.47 Å².